The van der Waals surface area contributed by atoms with Gasteiger partial charge in [0.1, 0.15) is 18.2 Å². The Morgan fingerprint density at radius 3 is 2.82 bits per heavy atom. The van der Waals surface area contributed by atoms with Crippen LogP contribution in [0.5, 0.6) is 5.75 Å². The predicted octanol–water partition coefficient (Wildman–Crippen LogP) is 3.44. The number of hydrogen-bond donors (Lipinski definition) is 1. The Morgan fingerprint density at radius 1 is 1.29 bits per heavy atom. The first-order valence-electron chi connectivity index (χ1n) is 9.57. The number of carbonyl (C=O) groups excluding carboxylic acids is 1. The lowest BCUT2D eigenvalue weighted by molar-refractivity contribution is -0.121. The zero-order chi connectivity index (χ0) is 19.9. The van der Waals surface area contributed by atoms with E-state index < -0.39 is 0 Å². The molecule has 1 unspecified atom stereocenters. The summed E-state index contributed by atoms with van der Waals surface area (Å²) in [7, 11) is 1.64. The van der Waals surface area contributed by atoms with E-state index in [4.69, 9.17) is 9.47 Å². The van der Waals surface area contributed by atoms with Crippen LogP contribution in [-0.2, 0) is 16.1 Å². The zero-order valence-electron chi connectivity index (χ0n) is 16.4. The summed E-state index contributed by atoms with van der Waals surface area (Å²) >= 11 is 0. The van der Waals surface area contributed by atoms with Gasteiger partial charge in [0.15, 0.2) is 0 Å². The van der Waals surface area contributed by atoms with Crippen molar-refractivity contribution in [2.24, 2.45) is 0 Å². The van der Waals surface area contributed by atoms with Crippen molar-refractivity contribution >= 4 is 11.6 Å². The molecule has 0 radical (unpaired) electrons. The number of benzene rings is 2. The molecule has 0 bridgehead atoms. The number of fused-ring (bicyclic) bond motifs is 1. The fourth-order valence-electron chi connectivity index (χ4n) is 3.32. The maximum atomic E-state index is 13.6. The monoisotopic (exact) mass is 386 g/mol. The summed E-state index contributed by atoms with van der Waals surface area (Å²) in [6.07, 6.45) is 1.09. The quantitative estimate of drug-likeness (QED) is 0.706. The number of hydrogen-bond acceptors (Lipinski definition) is 4. The number of carbonyl (C=O) groups is 1. The van der Waals surface area contributed by atoms with Gasteiger partial charge in [0.05, 0.1) is 18.2 Å². The molecule has 2 aromatic rings. The number of halogens is 1. The molecule has 1 aliphatic heterocycles. The molecule has 0 spiro atoms. The molecule has 1 amide bonds. The molecule has 28 heavy (non-hydrogen) atoms. The third-order valence-corrected chi connectivity index (χ3v) is 4.85. The van der Waals surface area contributed by atoms with Crippen molar-refractivity contribution in [3.8, 4) is 5.75 Å². The molecule has 1 atom stereocenters. The molecule has 2 aromatic carbocycles. The van der Waals surface area contributed by atoms with Crippen LogP contribution in [0.4, 0.5) is 10.1 Å². The van der Waals surface area contributed by atoms with Crippen LogP contribution < -0.4 is 15.0 Å². The molecule has 1 aliphatic rings. The highest BCUT2D eigenvalue weighted by Crippen LogP contribution is 2.36. The average molecular weight is 386 g/mol. The SMILES string of the molecule is COCCCNC(=O)CC1COc2cc(F)ccc2N1Cc1ccc(C)cc1. The van der Waals surface area contributed by atoms with E-state index in [2.05, 4.69) is 34.5 Å². The van der Waals surface area contributed by atoms with Gasteiger partial charge in [-0.25, -0.2) is 4.39 Å². The zero-order valence-corrected chi connectivity index (χ0v) is 16.4. The van der Waals surface area contributed by atoms with Gasteiger partial charge in [-0.2, -0.15) is 0 Å². The minimum absolute atomic E-state index is 0.0239. The van der Waals surface area contributed by atoms with E-state index >= 15 is 0 Å². The minimum atomic E-state index is -0.330. The summed E-state index contributed by atoms with van der Waals surface area (Å²) in [6.45, 7) is 4.22. The third-order valence-electron chi connectivity index (χ3n) is 4.85. The van der Waals surface area contributed by atoms with Gasteiger partial charge in [0, 0.05) is 32.9 Å². The minimum Gasteiger partial charge on any atom is -0.489 e. The third kappa shape index (κ3) is 5.23. The van der Waals surface area contributed by atoms with E-state index in [9.17, 15) is 9.18 Å². The summed E-state index contributed by atoms with van der Waals surface area (Å²) < 4.78 is 24.4. The van der Waals surface area contributed by atoms with Gasteiger partial charge in [0.25, 0.3) is 0 Å². The van der Waals surface area contributed by atoms with Crippen molar-refractivity contribution in [2.45, 2.75) is 32.4 Å². The topological polar surface area (TPSA) is 50.8 Å². The van der Waals surface area contributed by atoms with E-state index in [1.165, 1.54) is 17.7 Å². The molecule has 0 saturated carbocycles. The molecule has 0 aliphatic carbocycles. The highest BCUT2D eigenvalue weighted by atomic mass is 19.1. The van der Waals surface area contributed by atoms with Crippen molar-refractivity contribution in [3.05, 3.63) is 59.4 Å². The van der Waals surface area contributed by atoms with Crippen molar-refractivity contribution in [3.63, 3.8) is 0 Å². The summed E-state index contributed by atoms with van der Waals surface area (Å²) in [4.78, 5) is 14.5. The first-order valence-corrected chi connectivity index (χ1v) is 9.57. The second-order valence-corrected chi connectivity index (χ2v) is 7.09. The van der Waals surface area contributed by atoms with Crippen LogP contribution in [0.2, 0.25) is 0 Å². The van der Waals surface area contributed by atoms with Gasteiger partial charge in [-0.15, -0.1) is 0 Å². The molecular weight excluding hydrogens is 359 g/mol. The number of methoxy groups -OCH3 is 1. The van der Waals surface area contributed by atoms with Crippen molar-refractivity contribution in [1.29, 1.82) is 0 Å². The lowest BCUT2D eigenvalue weighted by atomic mass is 10.1. The molecule has 6 heteroatoms. The summed E-state index contributed by atoms with van der Waals surface area (Å²) in [6, 6.07) is 12.7. The molecule has 3 rings (SSSR count). The van der Waals surface area contributed by atoms with Gasteiger partial charge >= 0.3 is 0 Å². The summed E-state index contributed by atoms with van der Waals surface area (Å²) in [5, 5.41) is 2.93. The first kappa shape index (κ1) is 20.1. The highest BCUT2D eigenvalue weighted by Gasteiger charge is 2.29. The number of nitrogens with zero attached hydrogens (tertiary/aromatic N) is 1. The largest absolute Gasteiger partial charge is 0.489 e. The molecule has 150 valence electrons. The van der Waals surface area contributed by atoms with Crippen molar-refractivity contribution in [2.75, 3.05) is 31.8 Å². The van der Waals surface area contributed by atoms with Gasteiger partial charge in [-0.05, 0) is 31.0 Å². The van der Waals surface area contributed by atoms with Crippen LogP contribution in [0, 0.1) is 12.7 Å². The fraction of sp³-hybridized carbons (Fsp3) is 0.409. The molecule has 0 fully saturated rings. The van der Waals surface area contributed by atoms with Crippen LogP contribution in [0.15, 0.2) is 42.5 Å². The molecular formula is C22H27FN2O3. The van der Waals surface area contributed by atoms with E-state index in [0.717, 1.165) is 17.7 Å². The Morgan fingerprint density at radius 2 is 2.07 bits per heavy atom. The average Bonchev–Trinajstić information content (AvgIpc) is 2.68. The maximum Gasteiger partial charge on any atom is 0.222 e. The predicted molar refractivity (Wildman–Crippen MR) is 107 cm³/mol. The van der Waals surface area contributed by atoms with E-state index in [-0.39, 0.29) is 17.8 Å². The number of rotatable bonds is 8. The Kier molecular flexibility index (Phi) is 6.87. The van der Waals surface area contributed by atoms with Crippen molar-refractivity contribution < 1.29 is 18.7 Å². The number of amides is 1. The standard InChI is InChI=1S/C22H27FN2O3/c1-16-4-6-17(7-5-16)14-25-19(13-22(26)24-10-3-11-27-2)15-28-21-12-18(23)8-9-20(21)25/h4-9,12,19H,3,10-11,13-15H2,1-2H3,(H,24,26). The van der Waals surface area contributed by atoms with Gasteiger partial charge in [-0.3, -0.25) is 4.79 Å². The lowest BCUT2D eigenvalue weighted by Crippen LogP contribution is -2.45. The van der Waals surface area contributed by atoms with Crippen molar-refractivity contribution in [1.82, 2.24) is 5.32 Å². The van der Waals surface area contributed by atoms with Gasteiger partial charge in [0.2, 0.25) is 5.91 Å². The molecule has 1 heterocycles. The smallest absolute Gasteiger partial charge is 0.222 e. The van der Waals surface area contributed by atoms with Crippen LogP contribution in [0.3, 0.4) is 0 Å². The molecule has 1 N–H and O–H groups in total. The second-order valence-electron chi connectivity index (χ2n) is 7.09. The summed E-state index contributed by atoms with van der Waals surface area (Å²) in [5.41, 5.74) is 3.14. The normalized spacial score (nSPS) is 15.7. The maximum absolute atomic E-state index is 13.6. The summed E-state index contributed by atoms with van der Waals surface area (Å²) in [5.74, 6) is 0.163. The van der Waals surface area contributed by atoms with E-state index in [1.54, 1.807) is 13.2 Å². The Labute approximate surface area is 165 Å². The van der Waals surface area contributed by atoms with E-state index in [0.29, 0.717) is 38.5 Å². The number of aryl methyl sites for hydroxylation is 1. The Bertz CT molecular complexity index is 795. The van der Waals surface area contributed by atoms with Gasteiger partial charge < -0.3 is 19.7 Å². The Balaban J connectivity index is 1.75. The molecule has 0 saturated heterocycles. The second kappa shape index (κ2) is 9.55. The molecule has 5 nitrogen and oxygen atoms in total. The van der Waals surface area contributed by atoms with E-state index in [1.807, 2.05) is 6.92 Å². The number of anilines is 1. The van der Waals surface area contributed by atoms with Crippen LogP contribution in [0.1, 0.15) is 24.0 Å². The van der Waals surface area contributed by atoms with Crippen LogP contribution in [-0.4, -0.2) is 38.8 Å². The van der Waals surface area contributed by atoms with Crippen LogP contribution in [0.25, 0.3) is 0 Å². The molecule has 0 aromatic heterocycles. The first-order chi connectivity index (χ1) is 13.6. The lowest BCUT2D eigenvalue weighted by Gasteiger charge is -2.38. The van der Waals surface area contributed by atoms with Crippen LogP contribution >= 0.6 is 0 Å². The van der Waals surface area contributed by atoms with Gasteiger partial charge in [-0.1, -0.05) is 29.8 Å². The Hall–Kier alpha value is -2.60. The highest BCUT2D eigenvalue weighted by molar-refractivity contribution is 5.77. The fourth-order valence-corrected chi connectivity index (χ4v) is 3.32. The number of nitrogens with one attached hydrogen (secondary N) is 1. The number of ether oxygens (including phenoxy) is 2.